The number of aromatic amines is 1. The Morgan fingerprint density at radius 1 is 1.10 bits per heavy atom. The van der Waals surface area contributed by atoms with Crippen molar-refractivity contribution in [2.45, 2.75) is 12.5 Å². The number of H-pyrrole nitrogens is 1. The highest BCUT2D eigenvalue weighted by molar-refractivity contribution is 6.00. The molecule has 29 heavy (non-hydrogen) atoms. The Bertz CT molecular complexity index is 1180. The minimum absolute atomic E-state index is 0.0561. The Labute approximate surface area is 166 Å². The maximum Gasteiger partial charge on any atom is 0.326 e. The molecule has 0 aliphatic rings. The van der Waals surface area contributed by atoms with E-state index in [1.165, 1.54) is 0 Å². The van der Waals surface area contributed by atoms with Gasteiger partial charge >= 0.3 is 5.97 Å². The second kappa shape index (κ2) is 7.63. The maximum atomic E-state index is 12.7. The number of carbonyl (C=O) groups excluding carboxylic acids is 1. The number of para-hydroxylation sites is 2. The first-order valence-corrected chi connectivity index (χ1v) is 9.08. The summed E-state index contributed by atoms with van der Waals surface area (Å²) in [5, 5.41) is 13.9. The third-order valence-electron chi connectivity index (χ3n) is 4.75. The normalized spacial score (nSPS) is 12.0. The topological polar surface area (TPSA) is 104 Å². The van der Waals surface area contributed by atoms with Crippen molar-refractivity contribution in [3.8, 4) is 5.75 Å². The number of carboxylic acid groups (broad SMARTS) is 1. The number of carboxylic acids is 1. The zero-order chi connectivity index (χ0) is 20.4. The molecule has 7 nitrogen and oxygen atoms in total. The molecule has 7 heteroatoms. The SMILES string of the molecule is COc1ccc2cc(C(=O)NC(Cc3nc4ccccc4[nH]3)C(=O)O)ccc2c1. The van der Waals surface area contributed by atoms with Crippen molar-refractivity contribution in [1.29, 1.82) is 0 Å². The molecule has 1 heterocycles. The van der Waals surface area contributed by atoms with Crippen LogP contribution in [0.3, 0.4) is 0 Å². The molecule has 1 atom stereocenters. The zero-order valence-corrected chi connectivity index (χ0v) is 15.7. The largest absolute Gasteiger partial charge is 0.497 e. The second-order valence-corrected chi connectivity index (χ2v) is 6.70. The van der Waals surface area contributed by atoms with Crippen LogP contribution in [-0.4, -0.2) is 40.1 Å². The number of methoxy groups -OCH3 is 1. The summed E-state index contributed by atoms with van der Waals surface area (Å²) in [5.74, 6) is -0.341. The minimum Gasteiger partial charge on any atom is -0.497 e. The number of nitrogens with zero attached hydrogens (tertiary/aromatic N) is 1. The predicted octanol–water partition coefficient (Wildman–Crippen LogP) is 3.15. The van der Waals surface area contributed by atoms with Gasteiger partial charge in [-0.25, -0.2) is 9.78 Å². The number of amides is 1. The van der Waals surface area contributed by atoms with Gasteiger partial charge in [-0.2, -0.15) is 0 Å². The summed E-state index contributed by atoms with van der Waals surface area (Å²) in [6, 6.07) is 17.1. The number of nitrogens with one attached hydrogen (secondary N) is 2. The zero-order valence-electron chi connectivity index (χ0n) is 15.7. The van der Waals surface area contributed by atoms with Gasteiger partial charge in [0.2, 0.25) is 0 Å². The van der Waals surface area contributed by atoms with E-state index in [9.17, 15) is 14.7 Å². The lowest BCUT2D eigenvalue weighted by Gasteiger charge is -2.14. The summed E-state index contributed by atoms with van der Waals surface area (Å²) < 4.78 is 5.20. The van der Waals surface area contributed by atoms with E-state index in [0.717, 1.165) is 27.6 Å². The Kier molecular flexibility index (Phi) is 4.87. The molecule has 0 aliphatic carbocycles. The number of rotatable bonds is 6. The van der Waals surface area contributed by atoms with Crippen molar-refractivity contribution in [2.24, 2.45) is 0 Å². The van der Waals surface area contributed by atoms with Crippen molar-refractivity contribution in [2.75, 3.05) is 7.11 Å². The van der Waals surface area contributed by atoms with E-state index in [-0.39, 0.29) is 6.42 Å². The Hall–Kier alpha value is -3.87. The van der Waals surface area contributed by atoms with Gasteiger partial charge in [0, 0.05) is 12.0 Å². The van der Waals surface area contributed by atoms with E-state index < -0.39 is 17.9 Å². The molecule has 1 amide bonds. The van der Waals surface area contributed by atoms with Crippen molar-refractivity contribution in [1.82, 2.24) is 15.3 Å². The number of carbonyl (C=O) groups is 2. The molecule has 4 aromatic rings. The highest BCUT2D eigenvalue weighted by atomic mass is 16.5. The van der Waals surface area contributed by atoms with Crippen LogP contribution in [0.1, 0.15) is 16.2 Å². The van der Waals surface area contributed by atoms with Crippen LogP contribution >= 0.6 is 0 Å². The number of ether oxygens (including phenoxy) is 1. The van der Waals surface area contributed by atoms with Crippen LogP contribution in [0, 0.1) is 0 Å². The minimum atomic E-state index is -1.12. The molecule has 0 bridgehead atoms. The van der Waals surface area contributed by atoms with Crippen molar-refractivity contribution in [3.63, 3.8) is 0 Å². The lowest BCUT2D eigenvalue weighted by molar-refractivity contribution is -0.139. The van der Waals surface area contributed by atoms with Crippen LogP contribution in [0.2, 0.25) is 0 Å². The van der Waals surface area contributed by atoms with Crippen LogP contribution in [0.25, 0.3) is 21.8 Å². The summed E-state index contributed by atoms with van der Waals surface area (Å²) in [6.07, 6.45) is 0.0561. The van der Waals surface area contributed by atoms with Crippen LogP contribution < -0.4 is 10.1 Å². The van der Waals surface area contributed by atoms with Crippen molar-refractivity contribution >= 4 is 33.7 Å². The summed E-state index contributed by atoms with van der Waals surface area (Å²) in [7, 11) is 1.59. The molecule has 0 spiro atoms. The van der Waals surface area contributed by atoms with Gasteiger partial charge < -0.3 is 20.1 Å². The van der Waals surface area contributed by atoms with Gasteiger partial charge in [-0.3, -0.25) is 4.79 Å². The van der Waals surface area contributed by atoms with Gasteiger partial charge in [-0.1, -0.05) is 24.3 Å². The first kappa shape index (κ1) is 18.5. The molecule has 0 aliphatic heterocycles. The van der Waals surface area contributed by atoms with Crippen LogP contribution in [0.15, 0.2) is 60.7 Å². The molecule has 146 valence electrons. The average molecular weight is 389 g/mol. The van der Waals surface area contributed by atoms with E-state index in [0.29, 0.717) is 11.4 Å². The highest BCUT2D eigenvalue weighted by Gasteiger charge is 2.23. The fourth-order valence-electron chi connectivity index (χ4n) is 3.23. The molecule has 0 saturated carbocycles. The third-order valence-corrected chi connectivity index (χ3v) is 4.75. The predicted molar refractivity (Wildman–Crippen MR) is 109 cm³/mol. The molecule has 3 aromatic carbocycles. The van der Waals surface area contributed by atoms with E-state index >= 15 is 0 Å². The standard InChI is InChI=1S/C22H19N3O4/c1-29-16-9-8-13-10-15(7-6-14(13)11-16)21(26)25-19(22(27)28)12-20-23-17-4-2-3-5-18(17)24-20/h2-11,19H,12H2,1H3,(H,23,24)(H,25,26)(H,27,28). The van der Waals surface area contributed by atoms with Gasteiger partial charge in [-0.15, -0.1) is 0 Å². The lowest BCUT2D eigenvalue weighted by Crippen LogP contribution is -2.42. The summed E-state index contributed by atoms with van der Waals surface area (Å²) in [4.78, 5) is 31.8. The lowest BCUT2D eigenvalue weighted by atomic mass is 10.1. The van der Waals surface area contributed by atoms with Gasteiger partial charge in [0.05, 0.1) is 18.1 Å². The molecule has 4 rings (SSSR count). The third kappa shape index (κ3) is 3.89. The van der Waals surface area contributed by atoms with Crippen molar-refractivity contribution in [3.05, 3.63) is 72.1 Å². The molecule has 3 N–H and O–H groups in total. The molecule has 0 saturated heterocycles. The smallest absolute Gasteiger partial charge is 0.326 e. The Balaban J connectivity index is 1.53. The fraction of sp³-hybridized carbons (Fsp3) is 0.136. The number of aliphatic carboxylic acids is 1. The number of imidazole rings is 1. The number of benzene rings is 3. The van der Waals surface area contributed by atoms with Crippen molar-refractivity contribution < 1.29 is 19.4 Å². The van der Waals surface area contributed by atoms with Gasteiger partial charge in [0.25, 0.3) is 5.91 Å². The first-order chi connectivity index (χ1) is 14.0. The van der Waals surface area contributed by atoms with Gasteiger partial charge in [-0.05, 0) is 47.2 Å². The van der Waals surface area contributed by atoms with E-state index in [4.69, 9.17) is 4.74 Å². The van der Waals surface area contributed by atoms with Crippen LogP contribution in [0.4, 0.5) is 0 Å². The monoisotopic (exact) mass is 389 g/mol. The average Bonchev–Trinajstić information content (AvgIpc) is 3.14. The number of hydrogen-bond acceptors (Lipinski definition) is 4. The first-order valence-electron chi connectivity index (χ1n) is 9.08. The molecular weight excluding hydrogens is 370 g/mol. The number of aromatic nitrogens is 2. The Morgan fingerprint density at radius 3 is 2.62 bits per heavy atom. The number of fused-ring (bicyclic) bond motifs is 2. The Morgan fingerprint density at radius 2 is 1.86 bits per heavy atom. The summed E-state index contributed by atoms with van der Waals surface area (Å²) in [5.41, 5.74) is 1.96. The van der Waals surface area contributed by atoms with E-state index in [1.807, 2.05) is 48.5 Å². The number of hydrogen-bond donors (Lipinski definition) is 3. The molecule has 1 unspecified atom stereocenters. The second-order valence-electron chi connectivity index (χ2n) is 6.70. The molecule has 0 fully saturated rings. The van der Waals surface area contributed by atoms with Crippen LogP contribution in [-0.2, 0) is 11.2 Å². The van der Waals surface area contributed by atoms with E-state index in [2.05, 4.69) is 15.3 Å². The molecule has 1 aromatic heterocycles. The fourth-order valence-corrected chi connectivity index (χ4v) is 3.23. The maximum absolute atomic E-state index is 12.7. The van der Waals surface area contributed by atoms with E-state index in [1.54, 1.807) is 19.2 Å². The summed E-state index contributed by atoms with van der Waals surface area (Å²) in [6.45, 7) is 0. The summed E-state index contributed by atoms with van der Waals surface area (Å²) >= 11 is 0. The quantitative estimate of drug-likeness (QED) is 0.470. The molecular formula is C22H19N3O4. The van der Waals surface area contributed by atoms with Crippen LogP contribution in [0.5, 0.6) is 5.75 Å². The molecule has 0 radical (unpaired) electrons. The van der Waals surface area contributed by atoms with Gasteiger partial charge in [0.15, 0.2) is 0 Å². The van der Waals surface area contributed by atoms with Gasteiger partial charge in [0.1, 0.15) is 17.6 Å². The highest BCUT2D eigenvalue weighted by Crippen LogP contribution is 2.22.